The Balaban J connectivity index is 2.14. The summed E-state index contributed by atoms with van der Waals surface area (Å²) < 4.78 is 5.70. The maximum atomic E-state index is 11.2. The van der Waals surface area contributed by atoms with Crippen molar-refractivity contribution in [3.8, 4) is 0 Å². The number of hydrogen-bond acceptors (Lipinski definition) is 3. The first kappa shape index (κ1) is 12.1. The molecule has 1 saturated heterocycles. The van der Waals surface area contributed by atoms with Gasteiger partial charge in [0.2, 0.25) is 0 Å². The molecule has 0 aromatic heterocycles. The second-order valence-electron chi connectivity index (χ2n) is 4.77. The minimum Gasteiger partial charge on any atom is -0.372 e. The van der Waals surface area contributed by atoms with E-state index in [1.54, 1.807) is 6.92 Å². The second kappa shape index (κ2) is 4.88. The molecule has 0 bridgehead atoms. The Morgan fingerprint density at radius 3 is 2.18 bits per heavy atom. The second-order valence-corrected chi connectivity index (χ2v) is 4.77. The highest BCUT2D eigenvalue weighted by Crippen LogP contribution is 2.20. The Kier molecular flexibility index (Phi) is 3.48. The summed E-state index contributed by atoms with van der Waals surface area (Å²) in [6, 6.07) is 7.81. The zero-order valence-corrected chi connectivity index (χ0v) is 10.6. The predicted octanol–water partition coefficient (Wildman–Crippen LogP) is 2.50. The molecule has 2 rings (SSSR count). The summed E-state index contributed by atoms with van der Waals surface area (Å²) in [6.45, 7) is 7.58. The lowest BCUT2D eigenvalue weighted by molar-refractivity contribution is -0.00522. The molecule has 0 aliphatic carbocycles. The Morgan fingerprint density at radius 2 is 1.71 bits per heavy atom. The summed E-state index contributed by atoms with van der Waals surface area (Å²) in [5.74, 6) is 0.111. The summed E-state index contributed by atoms with van der Waals surface area (Å²) in [6.07, 6.45) is 0.512. The van der Waals surface area contributed by atoms with E-state index in [4.69, 9.17) is 4.74 Å². The van der Waals surface area contributed by atoms with Crippen LogP contribution in [0.15, 0.2) is 24.3 Å². The number of Topliss-reactive ketones (excluding diaryl/α,β-unsaturated/α-hetero) is 1. The Labute approximate surface area is 102 Å². The fourth-order valence-corrected chi connectivity index (χ4v) is 2.30. The van der Waals surface area contributed by atoms with E-state index < -0.39 is 0 Å². The molecule has 1 aromatic rings. The van der Waals surface area contributed by atoms with Crippen LogP contribution in [0.4, 0.5) is 5.69 Å². The Hall–Kier alpha value is -1.35. The summed E-state index contributed by atoms with van der Waals surface area (Å²) in [5.41, 5.74) is 1.93. The van der Waals surface area contributed by atoms with Crippen LogP contribution in [0, 0.1) is 0 Å². The lowest BCUT2D eigenvalue weighted by Crippen LogP contribution is -2.45. The van der Waals surface area contributed by atoms with Crippen molar-refractivity contribution in [2.45, 2.75) is 33.0 Å². The fraction of sp³-hybridized carbons (Fsp3) is 0.500. The maximum absolute atomic E-state index is 11.2. The minimum absolute atomic E-state index is 0.111. The van der Waals surface area contributed by atoms with Gasteiger partial charge in [-0.15, -0.1) is 0 Å². The van der Waals surface area contributed by atoms with Gasteiger partial charge in [-0.1, -0.05) is 0 Å². The minimum atomic E-state index is 0.111. The molecule has 1 heterocycles. The molecule has 92 valence electrons. The summed E-state index contributed by atoms with van der Waals surface area (Å²) in [4.78, 5) is 13.5. The highest BCUT2D eigenvalue weighted by molar-refractivity contribution is 5.94. The molecule has 1 aliphatic heterocycles. The van der Waals surface area contributed by atoms with Crippen LogP contribution in [-0.4, -0.2) is 31.1 Å². The summed E-state index contributed by atoms with van der Waals surface area (Å²) >= 11 is 0. The zero-order valence-electron chi connectivity index (χ0n) is 10.6. The van der Waals surface area contributed by atoms with Crippen LogP contribution in [-0.2, 0) is 4.74 Å². The van der Waals surface area contributed by atoms with Crippen LogP contribution >= 0.6 is 0 Å². The van der Waals surface area contributed by atoms with Crippen LogP contribution in [0.2, 0.25) is 0 Å². The molecule has 1 aromatic carbocycles. The molecule has 1 fully saturated rings. The zero-order chi connectivity index (χ0) is 12.4. The van der Waals surface area contributed by atoms with Gasteiger partial charge in [-0.2, -0.15) is 0 Å². The normalized spacial score (nSPS) is 24.8. The van der Waals surface area contributed by atoms with Crippen molar-refractivity contribution in [3.63, 3.8) is 0 Å². The highest BCUT2D eigenvalue weighted by Gasteiger charge is 2.22. The quantitative estimate of drug-likeness (QED) is 0.735. The van der Waals surface area contributed by atoms with Crippen LogP contribution < -0.4 is 4.90 Å². The van der Waals surface area contributed by atoms with E-state index in [-0.39, 0.29) is 18.0 Å². The lowest BCUT2D eigenvalue weighted by atomic mass is 10.1. The molecule has 0 radical (unpaired) electrons. The molecule has 0 amide bonds. The summed E-state index contributed by atoms with van der Waals surface area (Å²) in [5, 5.41) is 0. The molecule has 3 heteroatoms. The maximum Gasteiger partial charge on any atom is 0.159 e. The van der Waals surface area contributed by atoms with Gasteiger partial charge in [0.15, 0.2) is 5.78 Å². The van der Waals surface area contributed by atoms with Crippen LogP contribution in [0.3, 0.4) is 0 Å². The monoisotopic (exact) mass is 233 g/mol. The number of benzene rings is 1. The predicted molar refractivity (Wildman–Crippen MR) is 68.7 cm³/mol. The third-order valence-corrected chi connectivity index (χ3v) is 3.06. The van der Waals surface area contributed by atoms with Gasteiger partial charge in [0.05, 0.1) is 12.2 Å². The SMILES string of the molecule is CC(=O)c1ccc(N2CC(C)OC(C)C2)cc1. The van der Waals surface area contributed by atoms with Crippen molar-refractivity contribution in [2.75, 3.05) is 18.0 Å². The van der Waals surface area contributed by atoms with E-state index >= 15 is 0 Å². The van der Waals surface area contributed by atoms with Crippen molar-refractivity contribution < 1.29 is 9.53 Å². The van der Waals surface area contributed by atoms with E-state index in [9.17, 15) is 4.79 Å². The number of ketones is 1. The molecule has 17 heavy (non-hydrogen) atoms. The number of ether oxygens (including phenoxy) is 1. The van der Waals surface area contributed by atoms with E-state index in [0.29, 0.717) is 0 Å². The molecule has 0 saturated carbocycles. The highest BCUT2D eigenvalue weighted by atomic mass is 16.5. The molecular formula is C14H19NO2. The number of anilines is 1. The van der Waals surface area contributed by atoms with Gasteiger partial charge >= 0.3 is 0 Å². The van der Waals surface area contributed by atoms with Crippen molar-refractivity contribution in [3.05, 3.63) is 29.8 Å². The number of nitrogens with zero attached hydrogens (tertiary/aromatic N) is 1. The first-order valence-electron chi connectivity index (χ1n) is 6.07. The molecule has 2 atom stereocenters. The Bertz CT molecular complexity index is 389. The molecule has 0 N–H and O–H groups in total. The molecule has 0 spiro atoms. The third-order valence-electron chi connectivity index (χ3n) is 3.06. The Morgan fingerprint density at radius 1 is 1.18 bits per heavy atom. The van der Waals surface area contributed by atoms with Gasteiger partial charge in [0.1, 0.15) is 0 Å². The fourth-order valence-electron chi connectivity index (χ4n) is 2.30. The van der Waals surface area contributed by atoms with Gasteiger partial charge in [-0.3, -0.25) is 4.79 Å². The largest absolute Gasteiger partial charge is 0.372 e. The average molecular weight is 233 g/mol. The van der Waals surface area contributed by atoms with E-state index in [2.05, 4.69) is 18.7 Å². The number of hydrogen-bond donors (Lipinski definition) is 0. The standard InChI is InChI=1S/C14H19NO2/c1-10-8-15(9-11(2)17-10)14-6-4-13(5-7-14)12(3)16/h4-7,10-11H,8-9H2,1-3H3. The topological polar surface area (TPSA) is 29.5 Å². The van der Waals surface area contributed by atoms with Crippen molar-refractivity contribution in [1.82, 2.24) is 0 Å². The van der Waals surface area contributed by atoms with E-state index in [1.807, 2.05) is 24.3 Å². The van der Waals surface area contributed by atoms with Crippen molar-refractivity contribution in [2.24, 2.45) is 0 Å². The average Bonchev–Trinajstić information content (AvgIpc) is 2.28. The lowest BCUT2D eigenvalue weighted by Gasteiger charge is -2.36. The smallest absolute Gasteiger partial charge is 0.159 e. The van der Waals surface area contributed by atoms with Gasteiger partial charge in [-0.05, 0) is 45.0 Å². The van der Waals surface area contributed by atoms with E-state index in [0.717, 1.165) is 24.3 Å². The van der Waals surface area contributed by atoms with E-state index in [1.165, 1.54) is 0 Å². The number of carbonyl (C=O) groups is 1. The molecule has 3 nitrogen and oxygen atoms in total. The van der Waals surface area contributed by atoms with Crippen molar-refractivity contribution in [1.29, 1.82) is 0 Å². The van der Waals surface area contributed by atoms with Crippen LogP contribution in [0.25, 0.3) is 0 Å². The van der Waals surface area contributed by atoms with Crippen LogP contribution in [0.1, 0.15) is 31.1 Å². The van der Waals surface area contributed by atoms with Crippen LogP contribution in [0.5, 0.6) is 0 Å². The first-order valence-corrected chi connectivity index (χ1v) is 6.07. The van der Waals surface area contributed by atoms with Gasteiger partial charge in [0, 0.05) is 24.3 Å². The first-order chi connectivity index (χ1) is 8.06. The molecule has 1 aliphatic rings. The van der Waals surface area contributed by atoms with Gasteiger partial charge in [-0.25, -0.2) is 0 Å². The van der Waals surface area contributed by atoms with Crippen molar-refractivity contribution >= 4 is 11.5 Å². The van der Waals surface area contributed by atoms with Gasteiger partial charge < -0.3 is 9.64 Å². The number of rotatable bonds is 2. The number of carbonyl (C=O) groups excluding carboxylic acids is 1. The number of morpholine rings is 1. The summed E-state index contributed by atoms with van der Waals surface area (Å²) in [7, 11) is 0. The molecular weight excluding hydrogens is 214 g/mol. The van der Waals surface area contributed by atoms with Gasteiger partial charge in [0.25, 0.3) is 0 Å². The molecule has 2 unspecified atom stereocenters. The third kappa shape index (κ3) is 2.86.